The van der Waals surface area contributed by atoms with Gasteiger partial charge in [-0.15, -0.1) is 0 Å². The molecule has 0 aliphatic carbocycles. The Morgan fingerprint density at radius 1 is 1.33 bits per heavy atom. The Kier molecular flexibility index (Phi) is 4.61. The Balaban J connectivity index is 2.03. The fraction of sp³-hybridized carbons (Fsp3) is 0.562. The summed E-state index contributed by atoms with van der Waals surface area (Å²) in [6.07, 6.45) is -1.82. The number of nitrogens with zero attached hydrogens (tertiary/aromatic N) is 1. The zero-order valence-electron chi connectivity index (χ0n) is 12.4. The molecule has 3 nitrogen and oxygen atoms in total. The van der Waals surface area contributed by atoms with Crippen molar-refractivity contribution in [1.82, 2.24) is 4.90 Å². The van der Waals surface area contributed by atoms with Gasteiger partial charge >= 0.3 is 5.97 Å². The molecule has 1 saturated heterocycles. The molecule has 1 atom stereocenters. The van der Waals surface area contributed by atoms with Crippen LogP contribution in [-0.2, 0) is 11.3 Å². The maximum Gasteiger partial charge on any atom is 0.311 e. The number of carboxylic acids is 1. The zero-order chi connectivity index (χ0) is 15.6. The predicted octanol–water partition coefficient (Wildman–Crippen LogP) is 3.56. The minimum Gasteiger partial charge on any atom is -0.481 e. The van der Waals surface area contributed by atoms with Gasteiger partial charge in [0.1, 0.15) is 0 Å². The zero-order valence-corrected chi connectivity index (χ0v) is 12.4. The minimum absolute atomic E-state index is 0.0160. The van der Waals surface area contributed by atoms with Crippen molar-refractivity contribution in [1.29, 1.82) is 0 Å². The molecular formula is C16H21F2NO2. The van der Waals surface area contributed by atoms with Gasteiger partial charge in [0.2, 0.25) is 0 Å². The molecule has 0 saturated carbocycles. The van der Waals surface area contributed by atoms with Gasteiger partial charge in [0, 0.05) is 18.7 Å². The predicted molar refractivity (Wildman–Crippen MR) is 76.2 cm³/mol. The first kappa shape index (κ1) is 15.9. The number of benzene rings is 1. The van der Waals surface area contributed by atoms with Gasteiger partial charge in [-0.3, -0.25) is 9.69 Å². The van der Waals surface area contributed by atoms with Crippen LogP contribution in [0.2, 0.25) is 0 Å². The van der Waals surface area contributed by atoms with Crippen LogP contribution in [0.25, 0.3) is 0 Å². The molecule has 1 heterocycles. The molecule has 5 heteroatoms. The number of rotatable bonds is 5. The van der Waals surface area contributed by atoms with Gasteiger partial charge in [-0.25, -0.2) is 8.78 Å². The third-order valence-corrected chi connectivity index (χ3v) is 4.55. The summed E-state index contributed by atoms with van der Waals surface area (Å²) in [6, 6.07) is 6.25. The summed E-state index contributed by atoms with van der Waals surface area (Å²) in [6.45, 7) is 5.72. The molecule has 1 aliphatic heterocycles. The Hall–Kier alpha value is -1.49. The van der Waals surface area contributed by atoms with Crippen molar-refractivity contribution in [2.45, 2.75) is 33.2 Å². The van der Waals surface area contributed by atoms with Crippen LogP contribution >= 0.6 is 0 Å². The molecule has 21 heavy (non-hydrogen) atoms. The van der Waals surface area contributed by atoms with Crippen molar-refractivity contribution >= 4 is 5.97 Å². The van der Waals surface area contributed by atoms with Crippen LogP contribution in [0.15, 0.2) is 24.3 Å². The van der Waals surface area contributed by atoms with E-state index in [1.807, 2.05) is 13.8 Å². The number of carboxylic acid groups (broad SMARTS) is 1. The highest BCUT2D eigenvalue weighted by atomic mass is 19.3. The molecule has 1 unspecified atom stereocenters. The van der Waals surface area contributed by atoms with E-state index in [4.69, 9.17) is 0 Å². The van der Waals surface area contributed by atoms with E-state index in [2.05, 4.69) is 4.90 Å². The molecule has 1 N–H and O–H groups in total. The summed E-state index contributed by atoms with van der Waals surface area (Å²) >= 11 is 0. The molecule has 1 aromatic carbocycles. The van der Waals surface area contributed by atoms with Crippen molar-refractivity contribution in [3.8, 4) is 0 Å². The van der Waals surface area contributed by atoms with Gasteiger partial charge < -0.3 is 5.11 Å². The van der Waals surface area contributed by atoms with Crippen LogP contribution in [0.4, 0.5) is 8.78 Å². The monoisotopic (exact) mass is 297 g/mol. The maximum atomic E-state index is 12.5. The third-order valence-electron chi connectivity index (χ3n) is 4.55. The Morgan fingerprint density at radius 3 is 2.38 bits per heavy atom. The van der Waals surface area contributed by atoms with Crippen molar-refractivity contribution in [3.63, 3.8) is 0 Å². The van der Waals surface area contributed by atoms with Gasteiger partial charge in [0.25, 0.3) is 6.43 Å². The molecule has 0 bridgehead atoms. The van der Waals surface area contributed by atoms with Crippen LogP contribution in [0.3, 0.4) is 0 Å². The van der Waals surface area contributed by atoms with E-state index in [-0.39, 0.29) is 11.5 Å². The Bertz CT molecular complexity index is 502. The molecule has 0 radical (unpaired) electrons. The van der Waals surface area contributed by atoms with Crippen molar-refractivity contribution < 1.29 is 18.7 Å². The molecule has 2 rings (SSSR count). The summed E-state index contributed by atoms with van der Waals surface area (Å²) in [7, 11) is 0. The Labute approximate surface area is 123 Å². The van der Waals surface area contributed by atoms with Crippen LogP contribution in [0, 0.1) is 11.3 Å². The van der Waals surface area contributed by atoms with Crippen molar-refractivity contribution in [2.75, 3.05) is 13.1 Å². The molecule has 0 aromatic heterocycles. The van der Waals surface area contributed by atoms with E-state index < -0.39 is 17.8 Å². The molecule has 1 aromatic rings. The molecule has 1 fully saturated rings. The third kappa shape index (κ3) is 3.23. The summed E-state index contributed by atoms with van der Waals surface area (Å²) in [5.74, 6) is -0.672. The first-order chi connectivity index (χ1) is 9.85. The second-order valence-corrected chi connectivity index (χ2v) is 6.12. The molecule has 116 valence electrons. The van der Waals surface area contributed by atoms with E-state index >= 15 is 0 Å². The standard InChI is InChI=1S/C16H21F2NO2/c1-11(2)16(15(20)21)7-8-19(10-16)9-12-3-5-13(6-4-12)14(17)18/h3-6,11,14H,7-10H2,1-2H3,(H,20,21). The largest absolute Gasteiger partial charge is 0.481 e. The molecule has 1 aliphatic rings. The highest BCUT2D eigenvalue weighted by Crippen LogP contribution is 2.38. The second kappa shape index (κ2) is 6.10. The highest BCUT2D eigenvalue weighted by molar-refractivity contribution is 5.75. The van der Waals surface area contributed by atoms with Crippen molar-refractivity contribution in [2.24, 2.45) is 11.3 Å². The lowest BCUT2D eigenvalue weighted by molar-refractivity contribution is -0.151. The summed E-state index contributed by atoms with van der Waals surface area (Å²) in [4.78, 5) is 13.7. The molecule has 0 spiro atoms. The number of halogens is 2. The van der Waals surface area contributed by atoms with E-state index in [9.17, 15) is 18.7 Å². The van der Waals surface area contributed by atoms with Gasteiger partial charge in [-0.1, -0.05) is 38.1 Å². The topological polar surface area (TPSA) is 40.5 Å². The van der Waals surface area contributed by atoms with Crippen LogP contribution in [-0.4, -0.2) is 29.1 Å². The molecular weight excluding hydrogens is 276 g/mol. The average Bonchev–Trinajstić information content (AvgIpc) is 2.85. The minimum atomic E-state index is -2.45. The van der Waals surface area contributed by atoms with E-state index in [1.165, 1.54) is 12.1 Å². The van der Waals surface area contributed by atoms with E-state index in [0.717, 1.165) is 12.1 Å². The first-order valence-corrected chi connectivity index (χ1v) is 7.18. The lowest BCUT2D eigenvalue weighted by atomic mass is 9.76. The summed E-state index contributed by atoms with van der Waals surface area (Å²) < 4.78 is 25.0. The smallest absolute Gasteiger partial charge is 0.311 e. The lowest BCUT2D eigenvalue weighted by Crippen LogP contribution is -2.39. The number of alkyl halides is 2. The summed E-state index contributed by atoms with van der Waals surface area (Å²) in [5.41, 5.74) is 0.259. The SMILES string of the molecule is CC(C)C1(C(=O)O)CCN(Cc2ccc(C(F)F)cc2)C1. The van der Waals surface area contributed by atoms with Crippen LogP contribution in [0.1, 0.15) is 37.8 Å². The van der Waals surface area contributed by atoms with Crippen molar-refractivity contribution in [3.05, 3.63) is 35.4 Å². The summed E-state index contributed by atoms with van der Waals surface area (Å²) in [5, 5.41) is 9.51. The van der Waals surface area contributed by atoms with E-state index in [1.54, 1.807) is 12.1 Å². The van der Waals surface area contributed by atoms with Gasteiger partial charge in [-0.05, 0) is 24.4 Å². The maximum absolute atomic E-state index is 12.5. The first-order valence-electron chi connectivity index (χ1n) is 7.18. The highest BCUT2D eigenvalue weighted by Gasteiger charge is 2.46. The van der Waals surface area contributed by atoms with Gasteiger partial charge in [0.05, 0.1) is 5.41 Å². The number of hydrogen-bond donors (Lipinski definition) is 1. The normalized spacial score (nSPS) is 23.1. The fourth-order valence-electron chi connectivity index (χ4n) is 2.97. The Morgan fingerprint density at radius 2 is 1.95 bits per heavy atom. The van der Waals surface area contributed by atoms with Crippen LogP contribution in [0.5, 0.6) is 0 Å². The van der Waals surface area contributed by atoms with Gasteiger partial charge in [0.15, 0.2) is 0 Å². The second-order valence-electron chi connectivity index (χ2n) is 6.12. The number of carbonyl (C=O) groups is 1. The fourth-order valence-corrected chi connectivity index (χ4v) is 2.97. The quantitative estimate of drug-likeness (QED) is 0.903. The molecule has 0 amide bonds. The van der Waals surface area contributed by atoms with E-state index in [0.29, 0.717) is 19.5 Å². The number of hydrogen-bond acceptors (Lipinski definition) is 2. The van der Waals surface area contributed by atoms with Crippen LogP contribution < -0.4 is 0 Å². The number of aliphatic carboxylic acids is 1. The number of likely N-dealkylation sites (tertiary alicyclic amines) is 1. The van der Waals surface area contributed by atoms with Gasteiger partial charge in [-0.2, -0.15) is 0 Å². The lowest BCUT2D eigenvalue weighted by Gasteiger charge is -2.28. The average molecular weight is 297 g/mol.